The van der Waals surface area contributed by atoms with Crippen LogP contribution < -0.4 is 5.73 Å². The zero-order chi connectivity index (χ0) is 17.6. The van der Waals surface area contributed by atoms with E-state index in [1.165, 1.54) is 17.4 Å². The lowest BCUT2D eigenvalue weighted by molar-refractivity contribution is -0.141. The summed E-state index contributed by atoms with van der Waals surface area (Å²) in [6.07, 6.45) is -1.92. The summed E-state index contributed by atoms with van der Waals surface area (Å²) in [6.45, 7) is 0. The fourth-order valence-corrected chi connectivity index (χ4v) is 3.40. The van der Waals surface area contributed by atoms with Crippen molar-refractivity contribution in [1.29, 1.82) is 0 Å². The number of nitrogen functional groups attached to an aromatic ring is 1. The molecule has 4 rings (SSSR count). The molecule has 2 heterocycles. The van der Waals surface area contributed by atoms with E-state index in [2.05, 4.69) is 15.2 Å². The number of alkyl halides is 3. The predicted molar refractivity (Wildman–Crippen MR) is 89.8 cm³/mol. The van der Waals surface area contributed by atoms with Gasteiger partial charge in [-0.25, -0.2) is 4.98 Å². The third kappa shape index (κ3) is 2.89. The van der Waals surface area contributed by atoms with Crippen molar-refractivity contribution >= 4 is 22.0 Å². The Morgan fingerprint density at radius 2 is 1.92 bits per heavy atom. The van der Waals surface area contributed by atoms with Gasteiger partial charge >= 0.3 is 6.18 Å². The molecule has 3 aromatic rings. The van der Waals surface area contributed by atoms with Crippen molar-refractivity contribution < 1.29 is 13.2 Å². The number of aromatic nitrogens is 3. The summed E-state index contributed by atoms with van der Waals surface area (Å²) in [6, 6.07) is 9.69. The van der Waals surface area contributed by atoms with Crippen molar-refractivity contribution in [3.63, 3.8) is 0 Å². The first-order valence-corrected chi connectivity index (χ1v) is 8.21. The maximum absolute atomic E-state index is 12.9. The standard InChI is InChI=1S/C17H11F3N4S/c18-17(19,20)14-3-1-2-13(22-14)11-7-6-9-4-5-10(8-12(9)11)15-23-24-16(21)25-15/h1-5,7-8H,6H2,(H2,21,24). The average molecular weight is 360 g/mol. The van der Waals surface area contributed by atoms with E-state index in [4.69, 9.17) is 5.73 Å². The number of pyridine rings is 1. The van der Waals surface area contributed by atoms with Gasteiger partial charge in [0.2, 0.25) is 5.13 Å². The van der Waals surface area contributed by atoms with Crippen LogP contribution in [0.15, 0.2) is 42.5 Å². The summed E-state index contributed by atoms with van der Waals surface area (Å²) in [5.41, 5.74) is 8.45. The number of halogens is 3. The molecule has 1 aliphatic carbocycles. The monoisotopic (exact) mass is 360 g/mol. The molecule has 0 spiro atoms. The zero-order valence-corrected chi connectivity index (χ0v) is 13.5. The summed E-state index contributed by atoms with van der Waals surface area (Å²) in [7, 11) is 0. The Labute approximate surface area is 144 Å². The van der Waals surface area contributed by atoms with Gasteiger partial charge in [0.05, 0.1) is 5.69 Å². The largest absolute Gasteiger partial charge is 0.433 e. The summed E-state index contributed by atoms with van der Waals surface area (Å²) in [4.78, 5) is 3.79. The van der Waals surface area contributed by atoms with Crippen LogP contribution in [0.4, 0.5) is 18.3 Å². The fourth-order valence-electron chi connectivity index (χ4n) is 2.80. The van der Waals surface area contributed by atoms with Gasteiger partial charge < -0.3 is 5.73 Å². The van der Waals surface area contributed by atoms with E-state index in [-0.39, 0.29) is 0 Å². The van der Waals surface area contributed by atoms with E-state index in [0.717, 1.165) is 22.8 Å². The number of nitrogens with zero attached hydrogens (tertiary/aromatic N) is 3. The molecule has 0 fully saturated rings. The first-order chi connectivity index (χ1) is 11.9. The highest BCUT2D eigenvalue weighted by atomic mass is 32.1. The summed E-state index contributed by atoms with van der Waals surface area (Å²) in [5, 5.41) is 8.85. The molecule has 0 aliphatic heterocycles. The summed E-state index contributed by atoms with van der Waals surface area (Å²) >= 11 is 1.26. The van der Waals surface area contributed by atoms with E-state index in [9.17, 15) is 13.2 Å². The van der Waals surface area contributed by atoms with Crippen molar-refractivity contribution in [2.45, 2.75) is 12.6 Å². The van der Waals surface area contributed by atoms with Crippen LogP contribution in [-0.4, -0.2) is 15.2 Å². The Morgan fingerprint density at radius 1 is 1.08 bits per heavy atom. The normalized spacial score (nSPS) is 13.6. The van der Waals surface area contributed by atoms with Crippen LogP contribution in [0.3, 0.4) is 0 Å². The predicted octanol–water partition coefficient (Wildman–Crippen LogP) is 4.19. The summed E-state index contributed by atoms with van der Waals surface area (Å²) in [5.74, 6) is 0. The number of nitrogens with two attached hydrogens (primary N) is 1. The van der Waals surface area contributed by atoms with Crippen molar-refractivity contribution in [3.05, 3.63) is 65.0 Å². The minimum atomic E-state index is -4.47. The first kappa shape index (κ1) is 15.8. The van der Waals surface area contributed by atoms with Crippen molar-refractivity contribution in [3.8, 4) is 10.6 Å². The number of rotatable bonds is 2. The molecule has 25 heavy (non-hydrogen) atoms. The maximum atomic E-state index is 12.9. The summed E-state index contributed by atoms with van der Waals surface area (Å²) < 4.78 is 38.8. The first-order valence-electron chi connectivity index (χ1n) is 7.39. The molecule has 1 aliphatic rings. The molecule has 0 radical (unpaired) electrons. The van der Waals surface area contributed by atoms with E-state index < -0.39 is 11.9 Å². The van der Waals surface area contributed by atoms with E-state index in [1.807, 2.05) is 24.3 Å². The highest BCUT2D eigenvalue weighted by Crippen LogP contribution is 2.37. The third-order valence-corrected chi connectivity index (χ3v) is 4.73. The van der Waals surface area contributed by atoms with Crippen LogP contribution in [0.25, 0.3) is 16.1 Å². The number of benzene rings is 1. The molecule has 126 valence electrons. The van der Waals surface area contributed by atoms with Crippen molar-refractivity contribution in [1.82, 2.24) is 15.2 Å². The van der Waals surface area contributed by atoms with E-state index in [1.54, 1.807) is 6.07 Å². The second kappa shape index (κ2) is 5.66. The van der Waals surface area contributed by atoms with Gasteiger partial charge in [0.25, 0.3) is 0 Å². The molecule has 2 N–H and O–H groups in total. The average Bonchev–Trinajstić information content (AvgIpc) is 3.19. The van der Waals surface area contributed by atoms with Gasteiger partial charge in [-0.3, -0.25) is 0 Å². The highest BCUT2D eigenvalue weighted by Gasteiger charge is 2.33. The molecule has 0 saturated carbocycles. The lowest BCUT2D eigenvalue weighted by Crippen LogP contribution is -2.09. The Bertz CT molecular complexity index is 992. The van der Waals surface area contributed by atoms with Crippen LogP contribution in [0.2, 0.25) is 0 Å². The Balaban J connectivity index is 1.77. The van der Waals surface area contributed by atoms with Gasteiger partial charge in [0, 0.05) is 11.1 Å². The van der Waals surface area contributed by atoms with Gasteiger partial charge in [-0.05, 0) is 35.7 Å². The zero-order valence-electron chi connectivity index (χ0n) is 12.7. The van der Waals surface area contributed by atoms with Crippen LogP contribution in [0.5, 0.6) is 0 Å². The fraction of sp³-hybridized carbons (Fsp3) is 0.118. The lowest BCUT2D eigenvalue weighted by Gasteiger charge is -2.10. The molecule has 0 amide bonds. The Morgan fingerprint density at radius 3 is 2.64 bits per heavy atom. The molecule has 1 aromatic carbocycles. The maximum Gasteiger partial charge on any atom is 0.433 e. The van der Waals surface area contributed by atoms with Gasteiger partial charge in [-0.15, -0.1) is 10.2 Å². The quantitative estimate of drug-likeness (QED) is 0.744. The molecule has 8 heteroatoms. The Hall–Kier alpha value is -2.74. The molecule has 0 bridgehead atoms. The second-order valence-corrected chi connectivity index (χ2v) is 6.55. The number of anilines is 1. The topological polar surface area (TPSA) is 64.7 Å². The smallest absolute Gasteiger partial charge is 0.374 e. The molecule has 0 saturated heterocycles. The number of hydrogen-bond donors (Lipinski definition) is 1. The molecule has 2 aromatic heterocycles. The molecular formula is C17H11F3N4S. The molecule has 0 unspecified atom stereocenters. The molecule has 4 nitrogen and oxygen atoms in total. The second-order valence-electron chi connectivity index (χ2n) is 5.55. The lowest BCUT2D eigenvalue weighted by atomic mass is 10.00. The number of hydrogen-bond acceptors (Lipinski definition) is 5. The van der Waals surface area contributed by atoms with Crippen LogP contribution in [0.1, 0.15) is 22.5 Å². The van der Waals surface area contributed by atoms with Gasteiger partial charge in [-0.1, -0.05) is 35.6 Å². The van der Waals surface area contributed by atoms with Crippen LogP contribution in [-0.2, 0) is 12.6 Å². The highest BCUT2D eigenvalue weighted by molar-refractivity contribution is 7.18. The number of fused-ring (bicyclic) bond motifs is 1. The van der Waals surface area contributed by atoms with E-state index >= 15 is 0 Å². The van der Waals surface area contributed by atoms with Gasteiger partial charge in [0.1, 0.15) is 10.7 Å². The molecular weight excluding hydrogens is 349 g/mol. The van der Waals surface area contributed by atoms with Gasteiger partial charge in [-0.2, -0.15) is 13.2 Å². The molecule has 0 atom stereocenters. The van der Waals surface area contributed by atoms with Crippen molar-refractivity contribution in [2.75, 3.05) is 5.73 Å². The van der Waals surface area contributed by atoms with E-state index in [0.29, 0.717) is 27.8 Å². The minimum Gasteiger partial charge on any atom is -0.374 e. The van der Waals surface area contributed by atoms with Gasteiger partial charge in [0.15, 0.2) is 0 Å². The van der Waals surface area contributed by atoms with Crippen LogP contribution in [0, 0.1) is 0 Å². The number of allylic oxidation sites excluding steroid dienone is 1. The minimum absolute atomic E-state index is 0.308. The Kier molecular flexibility index (Phi) is 3.57. The van der Waals surface area contributed by atoms with Crippen LogP contribution >= 0.6 is 11.3 Å². The SMILES string of the molecule is Nc1nnc(-c2ccc3c(c2)C(c2cccc(C(F)(F)F)n2)=CC3)s1. The third-order valence-electron chi connectivity index (χ3n) is 3.93. The van der Waals surface area contributed by atoms with Crippen molar-refractivity contribution in [2.24, 2.45) is 0 Å².